The van der Waals surface area contributed by atoms with Gasteiger partial charge in [-0.25, -0.2) is 19.6 Å². The molecule has 1 fully saturated rings. The maximum Gasteiger partial charge on any atom is 0.410 e. The van der Waals surface area contributed by atoms with Gasteiger partial charge >= 0.3 is 12.1 Å². The highest BCUT2D eigenvalue weighted by Gasteiger charge is 2.35. The van der Waals surface area contributed by atoms with Crippen molar-refractivity contribution in [2.45, 2.75) is 26.2 Å². The van der Waals surface area contributed by atoms with Gasteiger partial charge in [-0.05, 0) is 24.1 Å². The van der Waals surface area contributed by atoms with E-state index in [-0.39, 0.29) is 19.1 Å². The molecule has 5 rings (SSSR count). The van der Waals surface area contributed by atoms with E-state index in [4.69, 9.17) is 19.5 Å². The van der Waals surface area contributed by atoms with E-state index in [2.05, 4.69) is 9.97 Å². The molecule has 1 saturated heterocycles. The van der Waals surface area contributed by atoms with Crippen molar-refractivity contribution in [3.63, 3.8) is 0 Å². The number of imidazole rings is 1. The Morgan fingerprint density at radius 1 is 1.30 bits per heavy atom. The lowest BCUT2D eigenvalue weighted by atomic mass is 9.95. The predicted octanol–water partition coefficient (Wildman–Crippen LogP) is 2.82. The van der Waals surface area contributed by atoms with Crippen LogP contribution in [0.25, 0.3) is 5.82 Å². The highest BCUT2D eigenvalue weighted by molar-refractivity contribution is 5.94. The maximum absolute atomic E-state index is 12.5. The van der Waals surface area contributed by atoms with Crippen LogP contribution in [0.1, 0.15) is 44.4 Å². The molecule has 2 aliphatic rings. The Morgan fingerprint density at radius 3 is 2.94 bits per heavy atom. The Labute approximate surface area is 188 Å². The number of ether oxygens (including phenoxy) is 3. The summed E-state index contributed by atoms with van der Waals surface area (Å²) in [6.07, 6.45) is 3.92. The zero-order valence-electron chi connectivity index (χ0n) is 17.9. The number of fused-ring (bicyclic) bond motifs is 1. The molecule has 10 heteroatoms. The Kier molecular flexibility index (Phi) is 4.94. The normalized spacial score (nSPS) is 16.9. The van der Waals surface area contributed by atoms with Gasteiger partial charge < -0.3 is 14.2 Å². The largest absolute Gasteiger partial charge is 0.495 e. The number of nitrogens with zero attached hydrogens (tertiary/aromatic N) is 5. The average Bonchev–Trinajstić information content (AvgIpc) is 3.54. The van der Waals surface area contributed by atoms with Crippen molar-refractivity contribution < 1.29 is 23.8 Å². The molecule has 1 atom stereocenters. The van der Waals surface area contributed by atoms with Crippen LogP contribution in [0.4, 0.5) is 4.79 Å². The van der Waals surface area contributed by atoms with E-state index >= 15 is 0 Å². The molecule has 0 N–H and O–H groups in total. The van der Waals surface area contributed by atoms with Crippen molar-refractivity contribution in [3.8, 4) is 17.6 Å². The molecule has 0 aliphatic carbocycles. The van der Waals surface area contributed by atoms with Crippen molar-refractivity contribution in [1.82, 2.24) is 19.4 Å². The molecular weight excluding hydrogens is 426 g/mol. The minimum absolute atomic E-state index is 0.240. The number of pyridine rings is 1. The van der Waals surface area contributed by atoms with Gasteiger partial charge in [0.05, 0.1) is 37.7 Å². The monoisotopic (exact) mass is 445 g/mol. The first kappa shape index (κ1) is 20.5. The summed E-state index contributed by atoms with van der Waals surface area (Å²) in [7, 11) is 1.49. The summed E-state index contributed by atoms with van der Waals surface area (Å²) in [6, 6.07) is 7.22. The standard InChI is InChI=1S/C23H19N5O5/c1-13-16(3-4-17-18(13)11-32-22(17)29)20-10-27(23(30)33-20)8-15-9-28(12-26-15)21-5-19(31-2)14(6-24)7-25-21/h3-5,7,9,12,20H,8,10-11H2,1-2H3/t20-/m0/s1. The van der Waals surface area contributed by atoms with Gasteiger partial charge in [-0.2, -0.15) is 5.26 Å². The third-order valence-electron chi connectivity index (χ3n) is 5.89. The number of hydrogen-bond acceptors (Lipinski definition) is 8. The number of carbonyl (C=O) groups is 2. The van der Waals surface area contributed by atoms with Gasteiger partial charge in [0.1, 0.15) is 42.2 Å². The van der Waals surface area contributed by atoms with E-state index in [1.165, 1.54) is 13.3 Å². The van der Waals surface area contributed by atoms with Gasteiger partial charge in [0, 0.05) is 17.8 Å². The molecule has 1 aromatic carbocycles. The highest BCUT2D eigenvalue weighted by atomic mass is 16.6. The fourth-order valence-electron chi connectivity index (χ4n) is 4.10. The lowest BCUT2D eigenvalue weighted by Gasteiger charge is -2.14. The van der Waals surface area contributed by atoms with E-state index in [1.807, 2.05) is 19.1 Å². The Hall–Kier alpha value is -4.39. The molecule has 166 valence electrons. The Balaban J connectivity index is 1.32. The molecule has 0 spiro atoms. The van der Waals surface area contributed by atoms with E-state index in [9.17, 15) is 9.59 Å². The first-order chi connectivity index (χ1) is 16.0. The van der Waals surface area contributed by atoms with E-state index in [0.29, 0.717) is 34.9 Å². The number of esters is 1. The second-order valence-corrected chi connectivity index (χ2v) is 7.76. The van der Waals surface area contributed by atoms with Crippen LogP contribution in [0, 0.1) is 18.3 Å². The minimum Gasteiger partial charge on any atom is -0.495 e. The molecule has 0 bridgehead atoms. The van der Waals surface area contributed by atoms with Crippen molar-refractivity contribution in [2.75, 3.05) is 13.7 Å². The second kappa shape index (κ2) is 7.94. The Bertz CT molecular complexity index is 1330. The first-order valence-electron chi connectivity index (χ1n) is 10.2. The molecule has 1 amide bonds. The second-order valence-electron chi connectivity index (χ2n) is 7.76. The van der Waals surface area contributed by atoms with Crippen LogP contribution in [0.15, 0.2) is 36.9 Å². The third kappa shape index (κ3) is 3.53. The third-order valence-corrected chi connectivity index (χ3v) is 5.89. The number of carbonyl (C=O) groups excluding carboxylic acids is 2. The number of nitriles is 1. The van der Waals surface area contributed by atoms with Gasteiger partial charge in [0.15, 0.2) is 0 Å². The fourth-order valence-corrected chi connectivity index (χ4v) is 4.10. The number of methoxy groups -OCH3 is 1. The maximum atomic E-state index is 12.5. The number of benzene rings is 1. The summed E-state index contributed by atoms with van der Waals surface area (Å²) < 4.78 is 17.7. The number of aromatic nitrogens is 3. The van der Waals surface area contributed by atoms with Gasteiger partial charge in [0.25, 0.3) is 0 Å². The van der Waals surface area contributed by atoms with E-state index < -0.39 is 12.2 Å². The summed E-state index contributed by atoms with van der Waals surface area (Å²) >= 11 is 0. The molecule has 3 aromatic rings. The zero-order valence-corrected chi connectivity index (χ0v) is 17.9. The summed E-state index contributed by atoms with van der Waals surface area (Å²) in [4.78, 5) is 34.5. The predicted molar refractivity (Wildman–Crippen MR) is 113 cm³/mol. The van der Waals surface area contributed by atoms with Crippen LogP contribution < -0.4 is 4.74 Å². The number of hydrogen-bond donors (Lipinski definition) is 0. The number of cyclic esters (lactones) is 2. The SMILES string of the molecule is COc1cc(-n2cnc(CN3C[C@@H](c4ccc5c(c4C)COC5=O)OC3=O)c2)ncc1C#N. The molecule has 4 heterocycles. The summed E-state index contributed by atoms with van der Waals surface area (Å²) in [5.41, 5.74) is 4.17. The quantitative estimate of drug-likeness (QED) is 0.550. The summed E-state index contributed by atoms with van der Waals surface area (Å²) in [5.74, 6) is 0.632. The molecule has 0 radical (unpaired) electrons. The summed E-state index contributed by atoms with van der Waals surface area (Å²) in [6.45, 7) is 2.78. The first-order valence-corrected chi connectivity index (χ1v) is 10.2. The van der Waals surface area contributed by atoms with Crippen molar-refractivity contribution in [2.24, 2.45) is 0 Å². The molecule has 0 saturated carbocycles. The average molecular weight is 445 g/mol. The van der Waals surface area contributed by atoms with Crippen molar-refractivity contribution >= 4 is 12.1 Å². The van der Waals surface area contributed by atoms with Crippen LogP contribution >= 0.6 is 0 Å². The summed E-state index contributed by atoms with van der Waals surface area (Å²) in [5, 5.41) is 9.12. The van der Waals surface area contributed by atoms with Crippen molar-refractivity contribution in [1.29, 1.82) is 5.26 Å². The fraction of sp³-hybridized carbons (Fsp3) is 0.261. The zero-order chi connectivity index (χ0) is 23.1. The van der Waals surface area contributed by atoms with Gasteiger partial charge in [-0.1, -0.05) is 6.07 Å². The molecule has 33 heavy (non-hydrogen) atoms. The number of amides is 1. The van der Waals surface area contributed by atoms with Gasteiger partial charge in [-0.3, -0.25) is 9.47 Å². The van der Waals surface area contributed by atoms with Crippen LogP contribution in [-0.2, 0) is 22.6 Å². The van der Waals surface area contributed by atoms with Crippen molar-refractivity contribution in [3.05, 3.63) is 70.4 Å². The van der Waals surface area contributed by atoms with Crippen LogP contribution in [-0.4, -0.2) is 45.2 Å². The molecule has 0 unspecified atom stereocenters. The van der Waals surface area contributed by atoms with Gasteiger partial charge in [-0.15, -0.1) is 0 Å². The molecular formula is C23H19N5O5. The van der Waals surface area contributed by atoms with Crippen LogP contribution in [0.3, 0.4) is 0 Å². The van der Waals surface area contributed by atoms with E-state index in [0.717, 1.165) is 16.7 Å². The molecule has 2 aliphatic heterocycles. The molecule has 10 nitrogen and oxygen atoms in total. The van der Waals surface area contributed by atoms with Crippen LogP contribution in [0.2, 0.25) is 0 Å². The topological polar surface area (TPSA) is 120 Å². The van der Waals surface area contributed by atoms with Crippen LogP contribution in [0.5, 0.6) is 5.75 Å². The highest BCUT2D eigenvalue weighted by Crippen LogP contribution is 2.34. The lowest BCUT2D eigenvalue weighted by Crippen LogP contribution is -2.24. The number of rotatable bonds is 5. The van der Waals surface area contributed by atoms with Gasteiger partial charge in [0.2, 0.25) is 0 Å². The minimum atomic E-state index is -0.440. The smallest absolute Gasteiger partial charge is 0.410 e. The van der Waals surface area contributed by atoms with E-state index in [1.54, 1.807) is 34.1 Å². The molecule has 2 aromatic heterocycles. The lowest BCUT2D eigenvalue weighted by molar-refractivity contribution is 0.0535. The Morgan fingerprint density at radius 2 is 2.15 bits per heavy atom.